The minimum atomic E-state index is -1.88. The van der Waals surface area contributed by atoms with Gasteiger partial charge in [0.05, 0.1) is 29.0 Å². The molecule has 31 heavy (non-hydrogen) atoms. The van der Waals surface area contributed by atoms with E-state index in [9.17, 15) is 19.1 Å². The number of aliphatic hydroxyl groups is 1. The normalized spacial score (nSPS) is 19.2. The van der Waals surface area contributed by atoms with Gasteiger partial charge in [-0.05, 0) is 49.6 Å². The number of carbonyl (C=O) groups excluding carboxylic acids is 1. The van der Waals surface area contributed by atoms with Crippen molar-refractivity contribution in [2.24, 2.45) is 5.73 Å². The SMILES string of the molecule is CCC1(O)C(=O)OCc2c1cc1n(c2=O)Cc2c-1nc1cc(F)c(C)cc1c2CCN. The van der Waals surface area contributed by atoms with Crippen LogP contribution in [-0.4, -0.2) is 27.2 Å². The summed E-state index contributed by atoms with van der Waals surface area (Å²) in [5, 5.41) is 11.8. The first-order chi connectivity index (χ1) is 14.8. The summed E-state index contributed by atoms with van der Waals surface area (Å²) in [7, 11) is 0. The van der Waals surface area contributed by atoms with Crippen LogP contribution in [0.3, 0.4) is 0 Å². The summed E-state index contributed by atoms with van der Waals surface area (Å²) in [6.45, 7) is 3.86. The number of fused-ring (bicyclic) bond motifs is 5. The fourth-order valence-electron chi connectivity index (χ4n) is 4.72. The summed E-state index contributed by atoms with van der Waals surface area (Å²) in [6.07, 6.45) is 0.623. The largest absolute Gasteiger partial charge is 0.458 e. The zero-order valence-corrected chi connectivity index (χ0v) is 17.3. The van der Waals surface area contributed by atoms with Crippen LogP contribution in [0, 0.1) is 12.7 Å². The van der Waals surface area contributed by atoms with E-state index in [-0.39, 0.29) is 35.5 Å². The Labute approximate surface area is 177 Å². The molecule has 160 valence electrons. The first kappa shape index (κ1) is 19.8. The number of hydrogen-bond donors (Lipinski definition) is 2. The minimum absolute atomic E-state index is 0.0721. The molecular weight excluding hydrogens is 401 g/mol. The van der Waals surface area contributed by atoms with E-state index in [1.54, 1.807) is 30.5 Å². The number of ether oxygens (including phenoxy) is 1. The van der Waals surface area contributed by atoms with E-state index in [0.29, 0.717) is 42.0 Å². The lowest BCUT2D eigenvalue weighted by Crippen LogP contribution is -2.44. The zero-order chi connectivity index (χ0) is 22.1. The summed E-state index contributed by atoms with van der Waals surface area (Å²) in [5.74, 6) is -1.12. The maximum absolute atomic E-state index is 14.3. The number of aromatic nitrogens is 2. The van der Waals surface area contributed by atoms with Crippen LogP contribution in [0.1, 0.15) is 41.2 Å². The molecule has 4 heterocycles. The number of pyridine rings is 2. The number of benzene rings is 1. The second-order valence-corrected chi connectivity index (χ2v) is 8.18. The van der Waals surface area contributed by atoms with Crippen molar-refractivity contribution >= 4 is 16.9 Å². The van der Waals surface area contributed by atoms with E-state index in [2.05, 4.69) is 4.98 Å². The molecule has 0 amide bonds. The smallest absolute Gasteiger partial charge is 0.343 e. The van der Waals surface area contributed by atoms with Crippen molar-refractivity contribution in [2.75, 3.05) is 6.54 Å². The van der Waals surface area contributed by atoms with Crippen molar-refractivity contribution in [1.82, 2.24) is 9.55 Å². The summed E-state index contributed by atoms with van der Waals surface area (Å²) >= 11 is 0. The first-order valence-electron chi connectivity index (χ1n) is 10.3. The minimum Gasteiger partial charge on any atom is -0.458 e. The summed E-state index contributed by atoms with van der Waals surface area (Å²) in [6, 6.07) is 4.81. The number of nitrogens with two attached hydrogens (primary N) is 1. The van der Waals surface area contributed by atoms with Crippen LogP contribution in [0.5, 0.6) is 0 Å². The lowest BCUT2D eigenvalue weighted by atomic mass is 9.86. The molecule has 3 aromatic rings. The number of esters is 1. The molecule has 0 saturated carbocycles. The molecule has 8 heteroatoms. The Morgan fingerprint density at radius 3 is 2.77 bits per heavy atom. The van der Waals surface area contributed by atoms with Gasteiger partial charge in [0, 0.05) is 22.6 Å². The van der Waals surface area contributed by atoms with Gasteiger partial charge >= 0.3 is 5.97 Å². The second kappa shape index (κ2) is 6.70. The van der Waals surface area contributed by atoms with Crippen LogP contribution in [0.4, 0.5) is 4.39 Å². The van der Waals surface area contributed by atoms with Crippen molar-refractivity contribution in [3.05, 3.63) is 62.2 Å². The third kappa shape index (κ3) is 2.61. The molecule has 7 nitrogen and oxygen atoms in total. The van der Waals surface area contributed by atoms with Gasteiger partial charge in [-0.25, -0.2) is 14.2 Å². The number of cyclic esters (lactones) is 1. The number of hydrogen-bond acceptors (Lipinski definition) is 6. The second-order valence-electron chi connectivity index (χ2n) is 8.18. The van der Waals surface area contributed by atoms with Gasteiger partial charge in [-0.15, -0.1) is 0 Å². The Kier molecular flexibility index (Phi) is 4.29. The molecule has 0 bridgehead atoms. The molecule has 0 fully saturated rings. The van der Waals surface area contributed by atoms with Crippen molar-refractivity contribution < 1.29 is 19.0 Å². The highest BCUT2D eigenvalue weighted by atomic mass is 19.1. The number of carbonyl (C=O) groups is 1. The van der Waals surface area contributed by atoms with Crippen LogP contribution in [-0.2, 0) is 34.7 Å². The lowest BCUT2D eigenvalue weighted by Gasteiger charge is -2.31. The topological polar surface area (TPSA) is 107 Å². The molecule has 0 spiro atoms. The standard InChI is InChI=1S/C23H22FN3O4/c1-3-23(30)16-7-19-20-14(9-27(19)21(28)15(16)10-31-22(23)29)12(4-5-25)13-6-11(2)17(24)8-18(13)26-20/h6-8,30H,3-5,9-10,25H2,1-2H3. The molecule has 2 aliphatic rings. The van der Waals surface area contributed by atoms with Crippen LogP contribution < -0.4 is 11.3 Å². The number of rotatable bonds is 3. The van der Waals surface area contributed by atoms with Crippen molar-refractivity contribution in [1.29, 1.82) is 0 Å². The van der Waals surface area contributed by atoms with Crippen molar-refractivity contribution in [3.63, 3.8) is 0 Å². The van der Waals surface area contributed by atoms with E-state index in [0.717, 1.165) is 16.5 Å². The third-order valence-electron chi connectivity index (χ3n) is 6.48. The molecule has 2 aliphatic heterocycles. The summed E-state index contributed by atoms with van der Waals surface area (Å²) in [5.41, 5.74) is 8.03. The molecular formula is C23H22FN3O4. The zero-order valence-electron chi connectivity index (χ0n) is 17.3. The van der Waals surface area contributed by atoms with Gasteiger partial charge in [-0.1, -0.05) is 6.92 Å². The Bertz CT molecular complexity index is 1350. The molecule has 0 aliphatic carbocycles. The Morgan fingerprint density at radius 2 is 2.06 bits per heavy atom. The van der Waals surface area contributed by atoms with Gasteiger partial charge in [0.2, 0.25) is 0 Å². The Hall–Kier alpha value is -3.10. The fourth-order valence-corrected chi connectivity index (χ4v) is 4.72. The third-order valence-corrected chi connectivity index (χ3v) is 6.48. The van der Waals surface area contributed by atoms with Crippen LogP contribution in [0.25, 0.3) is 22.3 Å². The summed E-state index contributed by atoms with van der Waals surface area (Å²) < 4.78 is 21.0. The molecule has 1 atom stereocenters. The quantitative estimate of drug-likeness (QED) is 0.488. The molecule has 3 N–H and O–H groups in total. The van der Waals surface area contributed by atoms with Gasteiger partial charge in [0.25, 0.3) is 5.56 Å². The first-order valence-corrected chi connectivity index (χ1v) is 10.3. The summed E-state index contributed by atoms with van der Waals surface area (Å²) in [4.78, 5) is 30.3. The number of nitrogens with zero attached hydrogens (tertiary/aromatic N) is 2. The van der Waals surface area contributed by atoms with Crippen LogP contribution in [0.2, 0.25) is 0 Å². The van der Waals surface area contributed by atoms with Gasteiger partial charge in [-0.2, -0.15) is 0 Å². The van der Waals surface area contributed by atoms with Gasteiger partial charge in [0.1, 0.15) is 12.4 Å². The Balaban J connectivity index is 1.84. The maximum atomic E-state index is 14.3. The van der Waals surface area contributed by atoms with Crippen LogP contribution in [0.15, 0.2) is 23.0 Å². The average molecular weight is 423 g/mol. The monoisotopic (exact) mass is 423 g/mol. The number of aryl methyl sites for hydroxylation is 1. The van der Waals surface area contributed by atoms with Gasteiger partial charge < -0.3 is 20.1 Å². The fraction of sp³-hybridized carbons (Fsp3) is 0.348. The Morgan fingerprint density at radius 1 is 1.29 bits per heavy atom. The van der Waals surface area contributed by atoms with Crippen molar-refractivity contribution in [3.8, 4) is 11.4 Å². The van der Waals surface area contributed by atoms with E-state index in [1.165, 1.54) is 6.07 Å². The maximum Gasteiger partial charge on any atom is 0.343 e. The predicted molar refractivity (Wildman–Crippen MR) is 112 cm³/mol. The molecule has 0 radical (unpaired) electrons. The van der Waals surface area contributed by atoms with E-state index >= 15 is 0 Å². The predicted octanol–water partition coefficient (Wildman–Crippen LogP) is 2.03. The highest BCUT2D eigenvalue weighted by Gasteiger charge is 2.45. The molecule has 5 rings (SSSR count). The lowest BCUT2D eigenvalue weighted by molar-refractivity contribution is -0.172. The molecule has 1 aromatic carbocycles. The van der Waals surface area contributed by atoms with E-state index in [1.807, 2.05) is 0 Å². The molecule has 0 saturated heterocycles. The van der Waals surface area contributed by atoms with Crippen LogP contribution >= 0.6 is 0 Å². The van der Waals surface area contributed by atoms with E-state index < -0.39 is 11.6 Å². The molecule has 2 aromatic heterocycles. The van der Waals surface area contributed by atoms with Gasteiger partial charge in [0.15, 0.2) is 5.60 Å². The highest BCUT2D eigenvalue weighted by Crippen LogP contribution is 2.40. The van der Waals surface area contributed by atoms with Crippen molar-refractivity contribution in [2.45, 2.75) is 45.4 Å². The van der Waals surface area contributed by atoms with Gasteiger partial charge in [-0.3, -0.25) is 4.79 Å². The number of halogens is 1. The van der Waals surface area contributed by atoms with E-state index in [4.69, 9.17) is 10.5 Å². The highest BCUT2D eigenvalue weighted by molar-refractivity contribution is 5.89. The molecule has 1 unspecified atom stereocenters. The average Bonchev–Trinajstić information content (AvgIpc) is 3.11.